The van der Waals surface area contributed by atoms with Crippen LogP contribution in [-0.2, 0) is 28.1 Å². The molecule has 15 heteroatoms. The summed E-state index contributed by atoms with van der Waals surface area (Å²) in [4.78, 5) is 55.0. The van der Waals surface area contributed by atoms with Crippen molar-refractivity contribution in [2.75, 3.05) is 13.2 Å². The molecule has 0 saturated carbocycles. The molecule has 0 bridgehead atoms. The first-order chi connectivity index (χ1) is 35.8. The summed E-state index contributed by atoms with van der Waals surface area (Å²) in [6.45, 7) is 38.9. The minimum atomic E-state index is -1.82. The summed E-state index contributed by atoms with van der Waals surface area (Å²) in [5.74, 6) is -2.40. The number of aromatic hydroxyl groups is 2. The third kappa shape index (κ3) is 22.6. The number of carbonyl (C=O) groups excluding carboxylic acids is 2. The fraction of sp³-hybridized carbons (Fsp3) is 0.677. The van der Waals surface area contributed by atoms with E-state index < -0.39 is 62.8 Å². The molecular formula is C62H102O11S2Si2. The molecule has 0 aliphatic heterocycles. The third-order valence-electron chi connectivity index (χ3n) is 15.5. The number of hydrogen-bond acceptors (Lipinski definition) is 13. The first-order valence-electron chi connectivity index (χ1n) is 28.8. The van der Waals surface area contributed by atoms with E-state index in [9.17, 15) is 34.5 Å². The van der Waals surface area contributed by atoms with Gasteiger partial charge in [-0.1, -0.05) is 135 Å². The number of thiophene rings is 2. The molecule has 0 saturated heterocycles. The van der Waals surface area contributed by atoms with Crippen molar-refractivity contribution >= 4 is 50.9 Å². The van der Waals surface area contributed by atoms with E-state index in [2.05, 4.69) is 101 Å². The topological polar surface area (TPSA) is 174 Å². The summed E-state index contributed by atoms with van der Waals surface area (Å²) in [5.41, 5.74) is -2.28. The number of aliphatic hydroxyl groups is 1. The van der Waals surface area contributed by atoms with Crippen molar-refractivity contribution in [2.24, 2.45) is 11.8 Å². The Kier molecular flexibility index (Phi) is 29.6. The number of aryl methyl sites for hydroxylation is 3. The average molecular weight is 1140 g/mol. The highest BCUT2D eigenvalue weighted by atomic mass is 32.1. The predicted octanol–water partition coefficient (Wildman–Crippen LogP) is 17.5. The van der Waals surface area contributed by atoms with Gasteiger partial charge in [-0.3, -0.25) is 9.59 Å². The van der Waals surface area contributed by atoms with E-state index in [1.807, 2.05) is 37.3 Å². The van der Waals surface area contributed by atoms with Crippen LogP contribution in [0.5, 0.6) is 11.5 Å². The molecule has 11 nitrogen and oxygen atoms in total. The summed E-state index contributed by atoms with van der Waals surface area (Å²) < 4.78 is 23.2. The molecule has 0 spiro atoms. The molecule has 77 heavy (non-hydrogen) atoms. The smallest absolute Gasteiger partial charge is 0.350 e. The van der Waals surface area contributed by atoms with E-state index in [4.69, 9.17) is 17.7 Å². The lowest BCUT2D eigenvalue weighted by atomic mass is 9.93. The average Bonchev–Trinajstić information content (AvgIpc) is 4.03. The van der Waals surface area contributed by atoms with Crippen LogP contribution in [0.1, 0.15) is 244 Å². The SMILES string of the molecule is CC(C)C(=O)c1c(O)cc(C(C)CCCO[Si](C)(C)C(C)(C)C)oc1=O.CCCCCCc1ccc(C(O)C(C)C(=O)c2c(O)cc(C(C)CCCO[Si](C)(C)C(C)(C)C)oc2=O)s1.CCCCCCc1ccc(CC)s1. The molecule has 0 aromatic carbocycles. The Hall–Kier alpha value is -3.45. The normalized spacial score (nSPS) is 13.8. The lowest BCUT2D eigenvalue weighted by Gasteiger charge is -2.36. The van der Waals surface area contributed by atoms with Crippen molar-refractivity contribution in [1.29, 1.82) is 0 Å². The van der Waals surface area contributed by atoms with Gasteiger partial charge in [-0.15, -0.1) is 22.7 Å². The highest BCUT2D eigenvalue weighted by molar-refractivity contribution is 7.12. The summed E-state index contributed by atoms with van der Waals surface area (Å²) >= 11 is 3.48. The number of carbonyl (C=O) groups is 2. The van der Waals surface area contributed by atoms with Crippen LogP contribution in [-0.4, -0.2) is 56.7 Å². The Bertz CT molecular complexity index is 2500. The monoisotopic (exact) mass is 1140 g/mol. The molecule has 3 N–H and O–H groups in total. The van der Waals surface area contributed by atoms with Gasteiger partial charge in [0, 0.05) is 62.6 Å². The molecule has 4 aromatic heterocycles. The van der Waals surface area contributed by atoms with Crippen molar-refractivity contribution in [3.8, 4) is 11.5 Å². The van der Waals surface area contributed by atoms with Crippen LogP contribution in [0.3, 0.4) is 0 Å². The van der Waals surface area contributed by atoms with Crippen LogP contribution in [0, 0.1) is 11.8 Å². The fourth-order valence-electron chi connectivity index (χ4n) is 7.88. The predicted molar refractivity (Wildman–Crippen MR) is 326 cm³/mol. The summed E-state index contributed by atoms with van der Waals surface area (Å²) in [5, 5.41) is 31.9. The summed E-state index contributed by atoms with van der Waals surface area (Å²) in [6, 6.07) is 11.2. The van der Waals surface area contributed by atoms with Crippen molar-refractivity contribution in [1.82, 2.24) is 0 Å². The Morgan fingerprint density at radius 2 is 0.987 bits per heavy atom. The second-order valence-corrected chi connectivity index (χ2v) is 36.5. The molecule has 4 heterocycles. The highest BCUT2D eigenvalue weighted by Crippen LogP contribution is 2.39. The molecule has 436 valence electrons. The van der Waals surface area contributed by atoms with Gasteiger partial charge in [-0.05, 0) is 118 Å². The summed E-state index contributed by atoms with van der Waals surface area (Å²) in [7, 11) is -3.57. The van der Waals surface area contributed by atoms with Gasteiger partial charge in [-0.25, -0.2) is 9.59 Å². The zero-order valence-corrected chi connectivity index (χ0v) is 54.4. The van der Waals surface area contributed by atoms with Crippen molar-refractivity contribution < 1.29 is 42.6 Å². The number of aliphatic hydroxyl groups excluding tert-OH is 1. The van der Waals surface area contributed by atoms with Gasteiger partial charge < -0.3 is 33.0 Å². The van der Waals surface area contributed by atoms with Crippen LogP contribution in [0.4, 0.5) is 0 Å². The molecule has 4 unspecified atom stereocenters. The maximum Gasteiger partial charge on any atom is 0.350 e. The van der Waals surface area contributed by atoms with E-state index in [1.54, 1.807) is 25.6 Å². The zero-order valence-electron chi connectivity index (χ0n) is 50.8. The lowest BCUT2D eigenvalue weighted by Crippen LogP contribution is -2.41. The van der Waals surface area contributed by atoms with Gasteiger partial charge in [0.2, 0.25) is 0 Å². The summed E-state index contributed by atoms with van der Waals surface area (Å²) in [6.07, 6.45) is 15.7. The standard InChI is InChI=1S/C30H48O6SSi.C20H34O5Si.C12H20S/c1-9-10-11-12-15-22-16-17-25(37-22)27(32)21(3)28(33)26-23(31)19-24(36-29(26)34)20(2)14-13-18-35-38(7,8)30(4,5)6;1-13(2)18(22)17-15(21)12-16(25-19(17)23)14(3)10-9-11-24-26(7,8)20(4,5)6;1-3-5-6-7-8-12-10-9-11(4-2)13-12/h16-17,19-21,27,31-32H,9-15,18H2,1-8H3;12-14,21H,9-11H2,1-8H3;9-10H,3-8H2,1-2H3. The minimum Gasteiger partial charge on any atom is -0.507 e. The first kappa shape index (κ1) is 69.7. The maximum atomic E-state index is 13.1. The van der Waals surface area contributed by atoms with Gasteiger partial charge in [0.1, 0.15) is 34.1 Å². The van der Waals surface area contributed by atoms with Crippen LogP contribution in [0.2, 0.25) is 36.3 Å². The van der Waals surface area contributed by atoms with Gasteiger partial charge in [0.05, 0.1) is 12.0 Å². The lowest BCUT2D eigenvalue weighted by molar-refractivity contribution is 0.0715. The molecule has 4 aromatic rings. The molecule has 0 aliphatic rings. The maximum absolute atomic E-state index is 13.1. The number of rotatable bonds is 29. The minimum absolute atomic E-state index is 0.0418. The second kappa shape index (κ2) is 32.7. The number of unbranched alkanes of at least 4 members (excludes halogenated alkanes) is 6. The Morgan fingerprint density at radius 1 is 0.584 bits per heavy atom. The van der Waals surface area contributed by atoms with Crippen LogP contribution in [0.15, 0.2) is 54.8 Å². The zero-order chi connectivity index (χ0) is 58.5. The highest BCUT2D eigenvalue weighted by Gasteiger charge is 2.38. The third-order valence-corrected chi connectivity index (χ3v) is 27.1. The van der Waals surface area contributed by atoms with Crippen molar-refractivity contribution in [3.63, 3.8) is 0 Å². The van der Waals surface area contributed by atoms with Crippen molar-refractivity contribution in [2.45, 2.75) is 247 Å². The van der Waals surface area contributed by atoms with Crippen LogP contribution >= 0.6 is 22.7 Å². The van der Waals surface area contributed by atoms with Gasteiger partial charge in [0.25, 0.3) is 0 Å². The molecular weight excluding hydrogens is 1040 g/mol. The largest absolute Gasteiger partial charge is 0.507 e. The van der Waals surface area contributed by atoms with E-state index in [1.165, 1.54) is 91.0 Å². The Labute approximate surface area is 474 Å². The number of hydrogen-bond donors (Lipinski definition) is 3. The Balaban J connectivity index is 0.000000445. The molecule has 4 rings (SSSR count). The van der Waals surface area contributed by atoms with Crippen molar-refractivity contribution in [3.05, 3.63) is 99.4 Å². The number of Topliss-reactive ketones (excluding diaryl/α,β-unsaturated/α-hetero) is 2. The van der Waals surface area contributed by atoms with Gasteiger partial charge in [-0.2, -0.15) is 0 Å². The molecule has 4 atom stereocenters. The van der Waals surface area contributed by atoms with Crippen LogP contribution < -0.4 is 11.3 Å². The Morgan fingerprint density at radius 3 is 1.36 bits per heavy atom. The van der Waals surface area contributed by atoms with E-state index in [-0.39, 0.29) is 39.1 Å². The molecule has 0 fully saturated rings. The fourth-order valence-corrected chi connectivity index (χ4v) is 12.2. The van der Waals surface area contributed by atoms with E-state index in [0.717, 1.165) is 38.5 Å². The first-order valence-corrected chi connectivity index (χ1v) is 36.2. The van der Waals surface area contributed by atoms with Crippen LogP contribution in [0.25, 0.3) is 0 Å². The van der Waals surface area contributed by atoms with E-state index >= 15 is 0 Å². The quantitative estimate of drug-likeness (QED) is 0.0268. The molecule has 0 aliphatic carbocycles. The van der Waals surface area contributed by atoms with Gasteiger partial charge >= 0.3 is 11.3 Å². The molecule has 0 radical (unpaired) electrons. The van der Waals surface area contributed by atoms with E-state index in [0.29, 0.717) is 29.6 Å². The number of ketones is 2. The molecule has 0 amide bonds. The second-order valence-electron chi connectivity index (χ2n) is 24.5. The van der Waals surface area contributed by atoms with Gasteiger partial charge in [0.15, 0.2) is 28.2 Å².